The van der Waals surface area contributed by atoms with E-state index in [1.54, 1.807) is 11.3 Å². The van der Waals surface area contributed by atoms with Crippen molar-refractivity contribution in [3.63, 3.8) is 0 Å². The maximum absolute atomic E-state index is 3.42. The van der Waals surface area contributed by atoms with Crippen LogP contribution in [-0.4, -0.2) is 13.1 Å². The summed E-state index contributed by atoms with van der Waals surface area (Å²) in [6, 6.07) is 14.7. The molecule has 2 N–H and O–H groups in total. The van der Waals surface area contributed by atoms with Crippen molar-refractivity contribution in [1.82, 2.24) is 10.6 Å². The van der Waals surface area contributed by atoms with Gasteiger partial charge in [0, 0.05) is 31.1 Å². The Morgan fingerprint density at radius 3 is 2.29 bits per heavy atom. The highest BCUT2D eigenvalue weighted by atomic mass is 32.1. The number of hydrogen-bond donors (Lipinski definition) is 2. The Kier molecular flexibility index (Phi) is 5.23. The molecule has 0 saturated heterocycles. The van der Waals surface area contributed by atoms with Gasteiger partial charge in [-0.1, -0.05) is 36.4 Å². The van der Waals surface area contributed by atoms with Crippen molar-refractivity contribution in [3.05, 3.63) is 58.3 Å². The lowest BCUT2D eigenvalue weighted by molar-refractivity contribution is 0.614. The van der Waals surface area contributed by atoms with Crippen LogP contribution in [0.5, 0.6) is 0 Å². The first-order valence-electron chi connectivity index (χ1n) is 5.93. The van der Waals surface area contributed by atoms with Crippen LogP contribution in [-0.2, 0) is 13.1 Å². The smallest absolute Gasteiger partial charge is 0.0300 e. The second-order valence-electron chi connectivity index (χ2n) is 3.92. The van der Waals surface area contributed by atoms with Gasteiger partial charge in [0.15, 0.2) is 0 Å². The van der Waals surface area contributed by atoms with Crippen molar-refractivity contribution in [3.8, 4) is 0 Å². The van der Waals surface area contributed by atoms with Gasteiger partial charge in [-0.3, -0.25) is 0 Å². The zero-order chi connectivity index (χ0) is 11.8. The molecule has 0 amide bonds. The molecule has 0 radical (unpaired) electrons. The molecule has 0 fully saturated rings. The van der Waals surface area contributed by atoms with Gasteiger partial charge in [-0.2, -0.15) is 0 Å². The lowest BCUT2D eigenvalue weighted by Gasteiger charge is -2.05. The molecule has 0 saturated carbocycles. The SMILES string of the molecule is c1ccc(CNCCNCc2cccs2)cc1. The first-order valence-corrected chi connectivity index (χ1v) is 6.81. The molecule has 17 heavy (non-hydrogen) atoms. The Morgan fingerprint density at radius 1 is 0.824 bits per heavy atom. The van der Waals surface area contributed by atoms with Gasteiger partial charge in [-0.15, -0.1) is 11.3 Å². The molecule has 0 aliphatic carbocycles. The molecule has 90 valence electrons. The fourth-order valence-electron chi connectivity index (χ4n) is 1.63. The molecule has 0 aliphatic heterocycles. The van der Waals surface area contributed by atoms with Crippen LogP contribution in [0.1, 0.15) is 10.4 Å². The minimum atomic E-state index is 0.946. The zero-order valence-corrected chi connectivity index (χ0v) is 10.7. The van der Waals surface area contributed by atoms with Gasteiger partial charge in [0.25, 0.3) is 0 Å². The molecule has 2 aromatic rings. The van der Waals surface area contributed by atoms with Crippen LogP contribution in [0.25, 0.3) is 0 Å². The Hall–Kier alpha value is -1.16. The lowest BCUT2D eigenvalue weighted by atomic mass is 10.2. The molecule has 0 spiro atoms. The molecule has 0 bridgehead atoms. The standard InChI is InChI=1S/C14H18N2S/c1-2-5-13(6-3-1)11-15-8-9-16-12-14-7-4-10-17-14/h1-7,10,15-16H,8-9,11-12H2. The quantitative estimate of drug-likeness (QED) is 0.734. The third-order valence-electron chi connectivity index (χ3n) is 2.53. The summed E-state index contributed by atoms with van der Waals surface area (Å²) in [6.45, 7) is 3.93. The van der Waals surface area contributed by atoms with Crippen LogP contribution >= 0.6 is 11.3 Å². The van der Waals surface area contributed by atoms with Gasteiger partial charge in [-0.05, 0) is 17.0 Å². The van der Waals surface area contributed by atoms with E-state index in [4.69, 9.17) is 0 Å². The number of benzene rings is 1. The third kappa shape index (κ3) is 4.69. The largest absolute Gasteiger partial charge is 0.311 e. The summed E-state index contributed by atoms with van der Waals surface area (Å²) in [4.78, 5) is 1.40. The second-order valence-corrected chi connectivity index (χ2v) is 4.95. The van der Waals surface area contributed by atoms with Crippen molar-refractivity contribution >= 4 is 11.3 Å². The molecule has 0 atom stereocenters. The van der Waals surface area contributed by atoms with Gasteiger partial charge in [0.05, 0.1) is 0 Å². The van der Waals surface area contributed by atoms with Gasteiger partial charge in [0.2, 0.25) is 0 Å². The summed E-state index contributed by atoms with van der Waals surface area (Å²) in [7, 11) is 0. The van der Waals surface area contributed by atoms with Crippen LogP contribution in [0.2, 0.25) is 0 Å². The van der Waals surface area contributed by atoms with Crippen molar-refractivity contribution in [2.75, 3.05) is 13.1 Å². The van der Waals surface area contributed by atoms with E-state index in [0.29, 0.717) is 0 Å². The number of nitrogens with one attached hydrogen (secondary N) is 2. The average Bonchev–Trinajstić information content (AvgIpc) is 2.88. The second kappa shape index (κ2) is 7.22. The van der Waals surface area contributed by atoms with E-state index in [1.807, 2.05) is 6.07 Å². The molecule has 1 aromatic carbocycles. The summed E-state index contributed by atoms with van der Waals surface area (Å²) in [5.41, 5.74) is 1.34. The summed E-state index contributed by atoms with van der Waals surface area (Å²) in [5, 5.41) is 8.96. The highest BCUT2D eigenvalue weighted by Crippen LogP contribution is 2.06. The molecule has 0 aliphatic rings. The van der Waals surface area contributed by atoms with Crippen LogP contribution in [0.15, 0.2) is 47.8 Å². The van der Waals surface area contributed by atoms with Gasteiger partial charge < -0.3 is 10.6 Å². The maximum atomic E-state index is 3.42. The van der Waals surface area contributed by atoms with E-state index in [-0.39, 0.29) is 0 Å². The van der Waals surface area contributed by atoms with E-state index < -0.39 is 0 Å². The summed E-state index contributed by atoms with van der Waals surface area (Å²) >= 11 is 1.80. The van der Waals surface area contributed by atoms with Crippen LogP contribution in [0.4, 0.5) is 0 Å². The first kappa shape index (κ1) is 12.3. The highest BCUT2D eigenvalue weighted by molar-refractivity contribution is 7.09. The molecular weight excluding hydrogens is 228 g/mol. The molecular formula is C14H18N2S. The Labute approximate surface area is 107 Å². The van der Waals surface area contributed by atoms with Crippen LogP contribution in [0.3, 0.4) is 0 Å². The van der Waals surface area contributed by atoms with E-state index >= 15 is 0 Å². The number of thiophene rings is 1. The van der Waals surface area contributed by atoms with E-state index in [9.17, 15) is 0 Å². The van der Waals surface area contributed by atoms with Crippen molar-refractivity contribution < 1.29 is 0 Å². The minimum absolute atomic E-state index is 0.946. The van der Waals surface area contributed by atoms with E-state index in [1.165, 1.54) is 10.4 Å². The van der Waals surface area contributed by atoms with E-state index in [0.717, 1.165) is 26.2 Å². The Balaban J connectivity index is 1.52. The normalized spacial score (nSPS) is 10.6. The average molecular weight is 246 g/mol. The van der Waals surface area contributed by atoms with Crippen LogP contribution in [0, 0.1) is 0 Å². The summed E-state index contributed by atoms with van der Waals surface area (Å²) in [6.07, 6.45) is 0. The van der Waals surface area contributed by atoms with E-state index in [2.05, 4.69) is 52.4 Å². The predicted octanol–water partition coefficient (Wildman–Crippen LogP) is 2.63. The molecule has 1 aromatic heterocycles. The summed E-state index contributed by atoms with van der Waals surface area (Å²) in [5.74, 6) is 0. The Bertz CT molecular complexity index is 397. The highest BCUT2D eigenvalue weighted by Gasteiger charge is 1.93. The lowest BCUT2D eigenvalue weighted by Crippen LogP contribution is -2.26. The predicted molar refractivity (Wildman–Crippen MR) is 74.2 cm³/mol. The topological polar surface area (TPSA) is 24.1 Å². The molecule has 2 nitrogen and oxygen atoms in total. The van der Waals surface area contributed by atoms with Gasteiger partial charge in [-0.25, -0.2) is 0 Å². The van der Waals surface area contributed by atoms with Gasteiger partial charge in [0.1, 0.15) is 0 Å². The summed E-state index contributed by atoms with van der Waals surface area (Å²) < 4.78 is 0. The van der Waals surface area contributed by atoms with Gasteiger partial charge >= 0.3 is 0 Å². The van der Waals surface area contributed by atoms with Crippen molar-refractivity contribution in [2.24, 2.45) is 0 Å². The van der Waals surface area contributed by atoms with Crippen molar-refractivity contribution in [2.45, 2.75) is 13.1 Å². The molecule has 3 heteroatoms. The fraction of sp³-hybridized carbons (Fsp3) is 0.286. The number of hydrogen-bond acceptors (Lipinski definition) is 3. The zero-order valence-electron chi connectivity index (χ0n) is 9.86. The fourth-order valence-corrected chi connectivity index (χ4v) is 2.30. The molecule has 1 heterocycles. The monoisotopic (exact) mass is 246 g/mol. The third-order valence-corrected chi connectivity index (χ3v) is 3.41. The van der Waals surface area contributed by atoms with Crippen LogP contribution < -0.4 is 10.6 Å². The first-order chi connectivity index (χ1) is 8.45. The maximum Gasteiger partial charge on any atom is 0.0300 e. The molecule has 2 rings (SSSR count). The molecule has 0 unspecified atom stereocenters. The Morgan fingerprint density at radius 2 is 1.59 bits per heavy atom. The van der Waals surface area contributed by atoms with Crippen molar-refractivity contribution in [1.29, 1.82) is 0 Å². The minimum Gasteiger partial charge on any atom is -0.311 e. The number of rotatable bonds is 7.